The first-order chi connectivity index (χ1) is 32.3. The lowest BCUT2D eigenvalue weighted by Gasteiger charge is -2.13. The number of alkyl halides is 6. The third kappa shape index (κ3) is 11.9. The lowest BCUT2D eigenvalue weighted by Crippen LogP contribution is -2.26. The van der Waals surface area contributed by atoms with Crippen molar-refractivity contribution in [2.24, 2.45) is 5.92 Å². The fraction of sp³-hybridized carbons (Fsp3) is 0.319. The molecule has 356 valence electrons. The van der Waals surface area contributed by atoms with E-state index in [1.165, 1.54) is 22.8 Å². The molecule has 3 N–H and O–H groups in total. The highest BCUT2D eigenvalue weighted by atomic mass is 79.9. The summed E-state index contributed by atoms with van der Waals surface area (Å²) in [6, 6.07) is 16.9. The second kappa shape index (κ2) is 19.5. The first-order valence-corrected chi connectivity index (χ1v) is 22.3. The highest BCUT2D eigenvalue weighted by molar-refractivity contribution is 9.10. The number of hydrogen-bond acceptors (Lipinski definition) is 9. The average Bonchev–Trinajstić information content (AvgIpc) is 4.18. The average molecular weight is 1010 g/mol. The van der Waals surface area contributed by atoms with Gasteiger partial charge in [0.15, 0.2) is 28.7 Å². The van der Waals surface area contributed by atoms with E-state index < -0.39 is 43.4 Å². The Labute approximate surface area is 391 Å². The highest BCUT2D eigenvalue weighted by Crippen LogP contribution is 2.35. The molecule has 0 radical (unpaired) electrons. The predicted octanol–water partition coefficient (Wildman–Crippen LogP) is 11.8. The zero-order valence-corrected chi connectivity index (χ0v) is 37.9. The number of imidazole rings is 2. The van der Waals surface area contributed by atoms with E-state index in [1.54, 1.807) is 41.9 Å². The lowest BCUT2D eigenvalue weighted by atomic mass is 9.98. The van der Waals surface area contributed by atoms with Crippen LogP contribution in [0.3, 0.4) is 0 Å². The van der Waals surface area contributed by atoms with Gasteiger partial charge in [0.25, 0.3) is 5.91 Å². The van der Waals surface area contributed by atoms with Crippen molar-refractivity contribution in [3.05, 3.63) is 118 Å². The van der Waals surface area contributed by atoms with Gasteiger partial charge in [0.05, 0.1) is 48.0 Å². The van der Waals surface area contributed by atoms with Gasteiger partial charge in [-0.25, -0.2) is 27.8 Å². The van der Waals surface area contributed by atoms with Gasteiger partial charge >= 0.3 is 12.4 Å². The molecule has 68 heavy (non-hydrogen) atoms. The number of hydrogen-bond donors (Lipinski definition) is 3. The van der Waals surface area contributed by atoms with Gasteiger partial charge in [-0.3, -0.25) is 9.59 Å². The number of rotatable bonds is 15. The van der Waals surface area contributed by atoms with Crippen LogP contribution in [0.5, 0.6) is 11.6 Å². The molecule has 7 aromatic rings. The molecule has 4 aromatic heterocycles. The zero-order valence-electron chi connectivity index (χ0n) is 36.3. The fourth-order valence-electron chi connectivity index (χ4n) is 7.33. The maximum Gasteiger partial charge on any atom is 0.390 e. The van der Waals surface area contributed by atoms with Crippen molar-refractivity contribution >= 4 is 50.3 Å². The smallest absolute Gasteiger partial charge is 0.390 e. The molecule has 0 atom stereocenters. The Kier molecular flexibility index (Phi) is 13.7. The fourth-order valence-corrected chi connectivity index (χ4v) is 7.71. The van der Waals surface area contributed by atoms with Gasteiger partial charge in [0, 0.05) is 59.9 Å². The van der Waals surface area contributed by atoms with Crippen LogP contribution in [-0.2, 0) is 0 Å². The molecule has 2 aliphatic rings. The van der Waals surface area contributed by atoms with Crippen LogP contribution >= 0.6 is 15.9 Å². The third-order valence-electron chi connectivity index (χ3n) is 11.1. The number of ketones is 1. The van der Waals surface area contributed by atoms with Crippen molar-refractivity contribution in [1.82, 2.24) is 34.5 Å². The predicted molar refractivity (Wildman–Crippen MR) is 241 cm³/mol. The second-order valence-electron chi connectivity index (χ2n) is 16.7. The van der Waals surface area contributed by atoms with Gasteiger partial charge in [-0.15, -0.1) is 5.10 Å². The van der Waals surface area contributed by atoms with Crippen LogP contribution in [-0.4, -0.2) is 72.4 Å². The molecule has 1 amide bonds. The Morgan fingerprint density at radius 2 is 1.26 bits per heavy atom. The molecule has 0 spiro atoms. The summed E-state index contributed by atoms with van der Waals surface area (Å²) in [7, 11) is 0. The standard InChI is InChI=1S/C26H22F5N5O2.C21H20BrF3N4O/c1-14-10-15(2-6-18(14)25(37)34-16-3-4-16)22-13-33-24-21(32-9-8-26(29,30)31)12-23(35-36(22)24)38-17-5-7-19(27)20(28)11-17;1-12-8-14(4-5-15(12)18(30)9-13-2-3-13)17-11-27-20-16(10-19(22)28-29(17)20)26-7-6-21(23,24)25/h2,5-7,10-13,16,32H,3-4,8-9H2,1H3,(H,34,37);4-5,8,10-11,13,26H,2-3,6-7,9H2,1H3. The Balaban J connectivity index is 0.000000189. The summed E-state index contributed by atoms with van der Waals surface area (Å²) in [5.74, 6) is -1.80. The van der Waals surface area contributed by atoms with E-state index in [0.717, 1.165) is 54.5 Å². The van der Waals surface area contributed by atoms with Gasteiger partial charge in [-0.1, -0.05) is 18.2 Å². The number of amides is 1. The minimum atomic E-state index is -4.37. The molecule has 12 nitrogen and oxygen atoms in total. The Hall–Kier alpha value is -6.64. The first-order valence-electron chi connectivity index (χ1n) is 21.5. The van der Waals surface area contributed by atoms with Crippen molar-refractivity contribution in [1.29, 1.82) is 0 Å². The van der Waals surface area contributed by atoms with Gasteiger partial charge in [0.1, 0.15) is 10.4 Å². The molecule has 2 aliphatic carbocycles. The van der Waals surface area contributed by atoms with E-state index in [2.05, 4.69) is 52.0 Å². The Morgan fingerprint density at radius 3 is 1.79 bits per heavy atom. The molecule has 4 heterocycles. The normalized spacial score (nSPS) is 13.9. The number of benzene rings is 3. The Bertz CT molecular complexity index is 3020. The monoisotopic (exact) mass is 1010 g/mol. The molecule has 0 bridgehead atoms. The highest BCUT2D eigenvalue weighted by Gasteiger charge is 2.29. The summed E-state index contributed by atoms with van der Waals surface area (Å²) in [5.41, 5.74) is 6.82. The van der Waals surface area contributed by atoms with Crippen LogP contribution in [0, 0.1) is 31.4 Å². The van der Waals surface area contributed by atoms with Crippen molar-refractivity contribution in [2.45, 2.75) is 77.2 Å². The van der Waals surface area contributed by atoms with Crippen LogP contribution < -0.4 is 20.7 Å². The first kappa shape index (κ1) is 47.8. The number of Topliss-reactive ketones (excluding diaryl/α,β-unsaturated/α-hetero) is 1. The summed E-state index contributed by atoms with van der Waals surface area (Å²) < 4.78 is 112. The molecular formula is C47H42BrF8N9O3. The number of carbonyl (C=O) groups is 2. The van der Waals surface area contributed by atoms with E-state index >= 15 is 0 Å². The van der Waals surface area contributed by atoms with Crippen molar-refractivity contribution in [3.8, 4) is 34.1 Å². The molecule has 21 heteroatoms. The molecule has 3 aromatic carbocycles. The summed E-state index contributed by atoms with van der Waals surface area (Å²) >= 11 is 3.31. The summed E-state index contributed by atoms with van der Waals surface area (Å²) in [5, 5.41) is 17.2. The third-order valence-corrected chi connectivity index (χ3v) is 11.5. The molecule has 0 unspecified atom stereocenters. The SMILES string of the molecule is Cc1cc(-c2cnc3c(NCCC(F)(F)F)cc(Br)nn23)ccc1C(=O)CC1CC1.Cc1cc(-c2cnc3c(NCCC(F)(F)F)cc(Oc4ccc(F)c(F)c4)nn23)ccc1C(=O)NC1CC1. The van der Waals surface area contributed by atoms with Crippen molar-refractivity contribution in [3.63, 3.8) is 0 Å². The lowest BCUT2D eigenvalue weighted by molar-refractivity contribution is -0.132. The molecule has 2 fully saturated rings. The zero-order chi connectivity index (χ0) is 48.5. The summed E-state index contributed by atoms with van der Waals surface area (Å²) in [4.78, 5) is 33.7. The number of anilines is 2. The number of fused-ring (bicyclic) bond motifs is 2. The van der Waals surface area contributed by atoms with E-state index in [-0.39, 0.29) is 47.2 Å². The number of ether oxygens (including phenoxy) is 1. The van der Waals surface area contributed by atoms with E-state index in [1.807, 2.05) is 25.1 Å². The molecular weight excluding hydrogens is 970 g/mol. The number of carbonyl (C=O) groups excluding carboxylic acids is 2. The molecule has 2 saturated carbocycles. The minimum absolute atomic E-state index is 0.0551. The van der Waals surface area contributed by atoms with Gasteiger partial charge in [-0.2, -0.15) is 31.4 Å². The van der Waals surface area contributed by atoms with Gasteiger partial charge in [0.2, 0.25) is 5.88 Å². The quantitative estimate of drug-likeness (QED) is 0.0676. The molecule has 0 saturated heterocycles. The van der Waals surface area contributed by atoms with Crippen LogP contribution in [0.25, 0.3) is 33.8 Å². The maximum atomic E-state index is 13.7. The molecule has 9 rings (SSSR count). The van der Waals surface area contributed by atoms with Crippen LogP contribution in [0.2, 0.25) is 0 Å². The topological polar surface area (TPSA) is 140 Å². The number of nitrogens with zero attached hydrogens (tertiary/aromatic N) is 6. The van der Waals surface area contributed by atoms with E-state index in [0.29, 0.717) is 56.4 Å². The number of aryl methyl sites for hydroxylation is 2. The molecule has 0 aliphatic heterocycles. The number of halogens is 9. The van der Waals surface area contributed by atoms with Gasteiger partial charge < -0.3 is 20.7 Å². The van der Waals surface area contributed by atoms with Crippen molar-refractivity contribution in [2.75, 3.05) is 23.7 Å². The van der Waals surface area contributed by atoms with Crippen LogP contribution in [0.1, 0.15) is 76.8 Å². The minimum Gasteiger partial charge on any atom is -0.437 e. The summed E-state index contributed by atoms with van der Waals surface area (Å²) in [6.07, 6.45) is -2.72. The van der Waals surface area contributed by atoms with Crippen molar-refractivity contribution < 1.29 is 49.4 Å². The largest absolute Gasteiger partial charge is 0.437 e. The van der Waals surface area contributed by atoms with Gasteiger partial charge in [-0.05, 0) is 109 Å². The summed E-state index contributed by atoms with van der Waals surface area (Å²) in [6.45, 7) is 3.01. The maximum absolute atomic E-state index is 13.7. The van der Waals surface area contributed by atoms with Crippen LogP contribution in [0.4, 0.5) is 46.5 Å². The number of nitrogens with one attached hydrogen (secondary N) is 3. The second-order valence-corrected chi connectivity index (χ2v) is 17.5. The van der Waals surface area contributed by atoms with E-state index in [9.17, 15) is 44.7 Å². The Morgan fingerprint density at radius 1 is 0.706 bits per heavy atom. The van der Waals surface area contributed by atoms with Crippen LogP contribution in [0.15, 0.2) is 83.7 Å². The number of aromatic nitrogens is 6. The van der Waals surface area contributed by atoms with E-state index in [4.69, 9.17) is 4.74 Å².